The number of hydrogen-bond donors (Lipinski definition) is 2. The minimum Gasteiger partial charge on any atom is -0.394 e. The number of nitrogen functional groups attached to an aromatic ring is 1. The summed E-state index contributed by atoms with van der Waals surface area (Å²) in [5.41, 5.74) is 8.17. The van der Waals surface area contributed by atoms with Gasteiger partial charge in [0, 0.05) is 13.6 Å². The molecule has 1 aromatic rings. The van der Waals surface area contributed by atoms with Crippen LogP contribution in [0.2, 0.25) is 0 Å². The summed E-state index contributed by atoms with van der Waals surface area (Å²) in [5, 5.41) is 7.72. The first-order valence-corrected chi connectivity index (χ1v) is 5.61. The van der Waals surface area contributed by atoms with Crippen LogP contribution >= 0.6 is 0 Å². The van der Waals surface area contributed by atoms with Crippen LogP contribution in [0.25, 0.3) is 0 Å². The second kappa shape index (κ2) is 3.43. The van der Waals surface area contributed by atoms with Crippen molar-refractivity contribution in [2.75, 3.05) is 17.6 Å². The van der Waals surface area contributed by atoms with E-state index in [1.54, 1.807) is 0 Å². The number of hydrogen-bond acceptors (Lipinski definition) is 3. The van der Waals surface area contributed by atoms with Crippen molar-refractivity contribution in [3.05, 3.63) is 5.69 Å². The highest BCUT2D eigenvalue weighted by Crippen LogP contribution is 2.48. The van der Waals surface area contributed by atoms with Gasteiger partial charge in [0.15, 0.2) is 0 Å². The second-order valence-corrected chi connectivity index (χ2v) is 4.68. The molecule has 4 heteroatoms. The SMILES string of the molecule is CCC1(CNc2c(N)c(C)nn2C)CC1. The fraction of sp³-hybridized carbons (Fsp3) is 0.727. The molecule has 1 aliphatic rings. The minimum atomic E-state index is 0.532. The highest BCUT2D eigenvalue weighted by atomic mass is 15.3. The maximum atomic E-state index is 5.95. The topological polar surface area (TPSA) is 55.9 Å². The lowest BCUT2D eigenvalue weighted by Gasteiger charge is -2.14. The quantitative estimate of drug-likeness (QED) is 0.794. The van der Waals surface area contributed by atoms with Gasteiger partial charge in [-0.2, -0.15) is 5.10 Å². The van der Waals surface area contributed by atoms with Crippen LogP contribution in [0.4, 0.5) is 11.5 Å². The number of aryl methyl sites for hydroxylation is 2. The van der Waals surface area contributed by atoms with Crippen LogP contribution in [0.3, 0.4) is 0 Å². The van der Waals surface area contributed by atoms with Gasteiger partial charge in [0.2, 0.25) is 0 Å². The van der Waals surface area contributed by atoms with Gasteiger partial charge in [0.25, 0.3) is 0 Å². The van der Waals surface area contributed by atoms with Gasteiger partial charge in [-0.3, -0.25) is 4.68 Å². The average molecular weight is 208 g/mol. The second-order valence-electron chi connectivity index (χ2n) is 4.68. The number of rotatable bonds is 4. The van der Waals surface area contributed by atoms with Crippen molar-refractivity contribution in [1.82, 2.24) is 9.78 Å². The summed E-state index contributed by atoms with van der Waals surface area (Å²) in [4.78, 5) is 0. The predicted octanol–water partition coefficient (Wildman–Crippen LogP) is 1.91. The van der Waals surface area contributed by atoms with Gasteiger partial charge in [-0.05, 0) is 31.6 Å². The zero-order chi connectivity index (χ0) is 11.1. The number of aromatic nitrogens is 2. The van der Waals surface area contributed by atoms with E-state index < -0.39 is 0 Å². The molecular weight excluding hydrogens is 188 g/mol. The number of nitrogens with zero attached hydrogens (tertiary/aromatic N) is 2. The molecular formula is C11H20N4. The van der Waals surface area contributed by atoms with Crippen molar-refractivity contribution in [2.45, 2.75) is 33.1 Å². The number of anilines is 2. The molecule has 1 heterocycles. The van der Waals surface area contributed by atoms with Crippen molar-refractivity contribution < 1.29 is 0 Å². The first kappa shape index (κ1) is 10.3. The van der Waals surface area contributed by atoms with Crippen LogP contribution in [-0.4, -0.2) is 16.3 Å². The van der Waals surface area contributed by atoms with Crippen LogP contribution in [0.5, 0.6) is 0 Å². The largest absolute Gasteiger partial charge is 0.394 e. The van der Waals surface area contributed by atoms with Crippen molar-refractivity contribution in [1.29, 1.82) is 0 Å². The summed E-state index contributed by atoms with van der Waals surface area (Å²) >= 11 is 0. The molecule has 84 valence electrons. The van der Waals surface area contributed by atoms with Crippen LogP contribution in [0.15, 0.2) is 0 Å². The third kappa shape index (κ3) is 1.80. The summed E-state index contributed by atoms with van der Waals surface area (Å²) in [7, 11) is 1.93. The molecule has 1 aromatic heterocycles. The molecule has 0 aliphatic heterocycles. The van der Waals surface area contributed by atoms with Gasteiger partial charge in [-0.1, -0.05) is 6.92 Å². The fourth-order valence-corrected chi connectivity index (χ4v) is 1.99. The standard InChI is InChI=1S/C11H20N4/c1-4-11(5-6-11)7-13-10-9(12)8(2)14-15(10)3/h13H,4-7,12H2,1-3H3. The van der Waals surface area contributed by atoms with Crippen molar-refractivity contribution in [3.63, 3.8) is 0 Å². The third-order valence-electron chi connectivity index (χ3n) is 3.61. The lowest BCUT2D eigenvalue weighted by atomic mass is 10.0. The number of nitrogens with two attached hydrogens (primary N) is 1. The van der Waals surface area contributed by atoms with E-state index in [-0.39, 0.29) is 0 Å². The van der Waals surface area contributed by atoms with Gasteiger partial charge >= 0.3 is 0 Å². The highest BCUT2D eigenvalue weighted by molar-refractivity contribution is 5.64. The Kier molecular flexibility index (Phi) is 2.37. The Labute approximate surface area is 90.8 Å². The van der Waals surface area contributed by atoms with Crippen LogP contribution < -0.4 is 11.1 Å². The van der Waals surface area contributed by atoms with E-state index in [0.717, 1.165) is 23.7 Å². The van der Waals surface area contributed by atoms with Gasteiger partial charge in [-0.25, -0.2) is 0 Å². The van der Waals surface area contributed by atoms with Crippen molar-refractivity contribution in [2.24, 2.45) is 12.5 Å². The predicted molar refractivity (Wildman–Crippen MR) is 62.8 cm³/mol. The highest BCUT2D eigenvalue weighted by Gasteiger charge is 2.40. The van der Waals surface area contributed by atoms with Gasteiger partial charge in [0.05, 0.1) is 11.4 Å². The molecule has 15 heavy (non-hydrogen) atoms. The third-order valence-corrected chi connectivity index (χ3v) is 3.61. The zero-order valence-electron chi connectivity index (χ0n) is 9.80. The van der Waals surface area contributed by atoms with Crippen molar-refractivity contribution >= 4 is 11.5 Å². The molecule has 2 rings (SSSR count). The lowest BCUT2D eigenvalue weighted by Crippen LogP contribution is -2.17. The molecule has 4 nitrogen and oxygen atoms in total. The molecule has 1 saturated carbocycles. The van der Waals surface area contributed by atoms with E-state index >= 15 is 0 Å². The summed E-state index contributed by atoms with van der Waals surface area (Å²) in [5.74, 6) is 0.965. The molecule has 0 aromatic carbocycles. The summed E-state index contributed by atoms with van der Waals surface area (Å²) in [6.45, 7) is 5.21. The molecule has 0 spiro atoms. The average Bonchev–Trinajstić information content (AvgIpc) is 2.93. The molecule has 0 radical (unpaired) electrons. The maximum absolute atomic E-state index is 5.95. The Morgan fingerprint density at radius 1 is 1.53 bits per heavy atom. The first-order valence-electron chi connectivity index (χ1n) is 5.61. The maximum Gasteiger partial charge on any atom is 0.147 e. The van der Waals surface area contributed by atoms with Crippen LogP contribution in [-0.2, 0) is 7.05 Å². The van der Waals surface area contributed by atoms with Crippen LogP contribution in [0, 0.1) is 12.3 Å². The normalized spacial score (nSPS) is 17.8. The molecule has 0 saturated heterocycles. The fourth-order valence-electron chi connectivity index (χ4n) is 1.99. The Morgan fingerprint density at radius 2 is 2.20 bits per heavy atom. The van der Waals surface area contributed by atoms with Crippen molar-refractivity contribution in [3.8, 4) is 0 Å². The summed E-state index contributed by atoms with van der Waals surface area (Å²) in [6, 6.07) is 0. The lowest BCUT2D eigenvalue weighted by molar-refractivity contribution is 0.519. The molecule has 1 aliphatic carbocycles. The Bertz CT molecular complexity index is 363. The molecule has 1 fully saturated rings. The van der Waals surface area contributed by atoms with E-state index in [4.69, 9.17) is 5.73 Å². The Balaban J connectivity index is 2.05. The van der Waals surface area contributed by atoms with Gasteiger partial charge in [0.1, 0.15) is 5.82 Å². The van der Waals surface area contributed by atoms with E-state index in [1.165, 1.54) is 19.3 Å². The molecule has 0 unspecified atom stereocenters. The minimum absolute atomic E-state index is 0.532. The van der Waals surface area contributed by atoms with E-state index in [2.05, 4.69) is 17.3 Å². The van der Waals surface area contributed by atoms with E-state index in [9.17, 15) is 0 Å². The zero-order valence-corrected chi connectivity index (χ0v) is 9.80. The van der Waals surface area contributed by atoms with E-state index in [1.807, 2.05) is 18.7 Å². The van der Waals surface area contributed by atoms with Gasteiger partial charge in [-0.15, -0.1) is 0 Å². The molecule has 0 amide bonds. The number of nitrogens with one attached hydrogen (secondary N) is 1. The monoisotopic (exact) mass is 208 g/mol. The smallest absolute Gasteiger partial charge is 0.147 e. The summed E-state index contributed by atoms with van der Waals surface area (Å²) in [6.07, 6.45) is 3.93. The van der Waals surface area contributed by atoms with Crippen LogP contribution in [0.1, 0.15) is 31.9 Å². The molecule has 3 N–H and O–H groups in total. The Hall–Kier alpha value is -1.19. The Morgan fingerprint density at radius 3 is 2.60 bits per heavy atom. The van der Waals surface area contributed by atoms with E-state index in [0.29, 0.717) is 5.41 Å². The first-order chi connectivity index (χ1) is 7.08. The molecule has 0 atom stereocenters. The summed E-state index contributed by atoms with van der Waals surface area (Å²) < 4.78 is 1.83. The van der Waals surface area contributed by atoms with Gasteiger partial charge < -0.3 is 11.1 Å². The molecule has 0 bridgehead atoms.